The zero-order valence-corrected chi connectivity index (χ0v) is 18.4. The molecule has 6 aromatic rings. The second-order valence-corrected chi connectivity index (χ2v) is 8.74. The van der Waals surface area contributed by atoms with Gasteiger partial charge in [0.15, 0.2) is 0 Å². The molecule has 6 rings (SSSR count). The van der Waals surface area contributed by atoms with Crippen LogP contribution in [0, 0.1) is 0 Å². The second kappa shape index (κ2) is 7.37. The summed E-state index contributed by atoms with van der Waals surface area (Å²) in [5, 5.41) is 7.73. The standard InChI is InChI=1S/C30H19Br/c31-28-18-17-23(22-12-8-11-21(19-22)20-9-2-1-3-10-20)29-26-15-6-4-13-24(26)25-14-5-7-16-27(25)30(28)29/h1-19H. The van der Waals surface area contributed by atoms with Crippen molar-refractivity contribution in [3.05, 3.63) is 120 Å². The molecule has 0 heterocycles. The molecule has 0 aliphatic rings. The topological polar surface area (TPSA) is 0 Å². The van der Waals surface area contributed by atoms with E-state index in [2.05, 4.69) is 131 Å². The van der Waals surface area contributed by atoms with E-state index in [0.29, 0.717) is 0 Å². The van der Waals surface area contributed by atoms with E-state index in [1.807, 2.05) is 0 Å². The average molecular weight is 459 g/mol. The van der Waals surface area contributed by atoms with Crippen molar-refractivity contribution in [2.24, 2.45) is 0 Å². The highest BCUT2D eigenvalue weighted by Gasteiger charge is 2.15. The molecule has 0 aliphatic heterocycles. The molecular formula is C30H19Br. The van der Waals surface area contributed by atoms with E-state index in [9.17, 15) is 0 Å². The number of halogens is 1. The van der Waals surface area contributed by atoms with Crippen molar-refractivity contribution >= 4 is 48.2 Å². The molecule has 0 spiro atoms. The highest BCUT2D eigenvalue weighted by Crippen LogP contribution is 2.43. The largest absolute Gasteiger partial charge is 0.0622 e. The van der Waals surface area contributed by atoms with Gasteiger partial charge in [0.05, 0.1) is 0 Å². The Morgan fingerprint density at radius 3 is 1.65 bits per heavy atom. The minimum Gasteiger partial charge on any atom is -0.0622 e. The predicted molar refractivity (Wildman–Crippen MR) is 138 cm³/mol. The Hall–Kier alpha value is -3.42. The van der Waals surface area contributed by atoms with E-state index in [0.717, 1.165) is 4.47 Å². The summed E-state index contributed by atoms with van der Waals surface area (Å²) in [6.45, 7) is 0. The first-order valence-electron chi connectivity index (χ1n) is 10.5. The second-order valence-electron chi connectivity index (χ2n) is 7.88. The minimum absolute atomic E-state index is 1.13. The fourth-order valence-corrected chi connectivity index (χ4v) is 5.27. The fraction of sp³-hybridized carbons (Fsp3) is 0. The Labute approximate surface area is 189 Å². The van der Waals surface area contributed by atoms with Crippen molar-refractivity contribution in [2.45, 2.75) is 0 Å². The number of fused-ring (bicyclic) bond motifs is 6. The SMILES string of the molecule is Brc1ccc(-c2cccc(-c3ccccc3)c2)c2c3ccccc3c3ccccc3c12. The molecule has 0 radical (unpaired) electrons. The van der Waals surface area contributed by atoms with Gasteiger partial charge in [-0.25, -0.2) is 0 Å². The van der Waals surface area contributed by atoms with Crippen LogP contribution >= 0.6 is 15.9 Å². The molecule has 0 saturated heterocycles. The Bertz CT molecular complexity index is 1580. The fourth-order valence-electron chi connectivity index (χ4n) is 4.73. The molecule has 0 amide bonds. The Balaban J connectivity index is 1.75. The van der Waals surface area contributed by atoms with Crippen LogP contribution < -0.4 is 0 Å². The zero-order chi connectivity index (χ0) is 20.8. The van der Waals surface area contributed by atoms with E-state index in [4.69, 9.17) is 0 Å². The molecule has 0 aromatic heterocycles. The van der Waals surface area contributed by atoms with Gasteiger partial charge >= 0.3 is 0 Å². The summed E-state index contributed by atoms with van der Waals surface area (Å²) in [5.41, 5.74) is 4.97. The molecular weight excluding hydrogens is 440 g/mol. The number of hydrogen-bond donors (Lipinski definition) is 0. The van der Waals surface area contributed by atoms with Crippen LogP contribution in [0.4, 0.5) is 0 Å². The van der Waals surface area contributed by atoms with Crippen LogP contribution in [-0.4, -0.2) is 0 Å². The first-order chi connectivity index (χ1) is 15.3. The van der Waals surface area contributed by atoms with E-state index >= 15 is 0 Å². The van der Waals surface area contributed by atoms with Crippen LogP contribution in [-0.2, 0) is 0 Å². The maximum Gasteiger partial charge on any atom is 0.0260 e. The predicted octanol–water partition coefficient (Wildman–Crippen LogP) is 9.24. The molecule has 0 atom stereocenters. The highest BCUT2D eigenvalue weighted by atomic mass is 79.9. The average Bonchev–Trinajstić information content (AvgIpc) is 2.85. The molecule has 0 N–H and O–H groups in total. The van der Waals surface area contributed by atoms with Gasteiger partial charge < -0.3 is 0 Å². The van der Waals surface area contributed by atoms with Gasteiger partial charge in [0.25, 0.3) is 0 Å². The van der Waals surface area contributed by atoms with Gasteiger partial charge in [-0.3, -0.25) is 0 Å². The van der Waals surface area contributed by atoms with E-state index in [-0.39, 0.29) is 0 Å². The Morgan fingerprint density at radius 1 is 0.387 bits per heavy atom. The van der Waals surface area contributed by atoms with Crippen LogP contribution in [0.5, 0.6) is 0 Å². The monoisotopic (exact) mass is 458 g/mol. The van der Waals surface area contributed by atoms with Gasteiger partial charge in [-0.05, 0) is 61.3 Å². The van der Waals surface area contributed by atoms with Crippen LogP contribution in [0.25, 0.3) is 54.6 Å². The van der Waals surface area contributed by atoms with Crippen LogP contribution in [0.15, 0.2) is 120 Å². The molecule has 0 bridgehead atoms. The summed E-state index contributed by atoms with van der Waals surface area (Å²) in [5.74, 6) is 0. The summed E-state index contributed by atoms with van der Waals surface area (Å²) in [7, 11) is 0. The lowest BCUT2D eigenvalue weighted by molar-refractivity contribution is 1.60. The third kappa shape index (κ3) is 2.97. The molecule has 0 nitrogen and oxygen atoms in total. The summed E-state index contributed by atoms with van der Waals surface area (Å²) < 4.78 is 1.13. The molecule has 1 heteroatoms. The Morgan fingerprint density at radius 2 is 0.935 bits per heavy atom. The maximum atomic E-state index is 3.86. The first-order valence-corrected chi connectivity index (χ1v) is 11.3. The third-order valence-corrected chi connectivity index (χ3v) is 6.78. The quantitative estimate of drug-likeness (QED) is 0.226. The molecule has 31 heavy (non-hydrogen) atoms. The van der Waals surface area contributed by atoms with Crippen molar-refractivity contribution in [1.29, 1.82) is 0 Å². The van der Waals surface area contributed by atoms with Gasteiger partial charge in [-0.2, -0.15) is 0 Å². The molecule has 0 unspecified atom stereocenters. The van der Waals surface area contributed by atoms with Crippen LogP contribution in [0.3, 0.4) is 0 Å². The zero-order valence-electron chi connectivity index (χ0n) is 16.8. The minimum atomic E-state index is 1.13. The number of hydrogen-bond acceptors (Lipinski definition) is 0. The van der Waals surface area contributed by atoms with Crippen molar-refractivity contribution in [2.75, 3.05) is 0 Å². The number of rotatable bonds is 2. The summed E-state index contributed by atoms with van der Waals surface area (Å²) in [6.07, 6.45) is 0. The van der Waals surface area contributed by atoms with E-state index in [1.54, 1.807) is 0 Å². The summed E-state index contributed by atoms with van der Waals surface area (Å²) in [4.78, 5) is 0. The van der Waals surface area contributed by atoms with Crippen molar-refractivity contribution in [3.8, 4) is 22.3 Å². The van der Waals surface area contributed by atoms with Gasteiger partial charge in [-0.15, -0.1) is 0 Å². The van der Waals surface area contributed by atoms with Crippen LogP contribution in [0.1, 0.15) is 0 Å². The molecule has 0 saturated carbocycles. The molecule has 0 fully saturated rings. The molecule has 6 aromatic carbocycles. The highest BCUT2D eigenvalue weighted by molar-refractivity contribution is 9.10. The summed E-state index contributed by atoms with van der Waals surface area (Å²) in [6, 6.07) is 41.4. The maximum absolute atomic E-state index is 3.86. The summed E-state index contributed by atoms with van der Waals surface area (Å²) >= 11 is 3.86. The first kappa shape index (κ1) is 18.4. The Kier molecular flexibility index (Phi) is 4.36. The smallest absolute Gasteiger partial charge is 0.0260 e. The van der Waals surface area contributed by atoms with Gasteiger partial charge in [-0.1, -0.05) is 119 Å². The lowest BCUT2D eigenvalue weighted by Crippen LogP contribution is -1.89. The van der Waals surface area contributed by atoms with Crippen molar-refractivity contribution in [1.82, 2.24) is 0 Å². The molecule has 146 valence electrons. The molecule has 0 aliphatic carbocycles. The van der Waals surface area contributed by atoms with Crippen molar-refractivity contribution < 1.29 is 0 Å². The lowest BCUT2D eigenvalue weighted by Gasteiger charge is -2.16. The van der Waals surface area contributed by atoms with Gasteiger partial charge in [0.2, 0.25) is 0 Å². The van der Waals surface area contributed by atoms with Crippen LogP contribution in [0.2, 0.25) is 0 Å². The number of benzene rings is 6. The van der Waals surface area contributed by atoms with Gasteiger partial charge in [0.1, 0.15) is 0 Å². The normalized spacial score (nSPS) is 11.4. The van der Waals surface area contributed by atoms with Gasteiger partial charge in [0, 0.05) is 9.86 Å². The third-order valence-electron chi connectivity index (χ3n) is 6.12. The van der Waals surface area contributed by atoms with Crippen molar-refractivity contribution in [3.63, 3.8) is 0 Å². The van der Waals surface area contributed by atoms with E-state index in [1.165, 1.54) is 54.6 Å². The van der Waals surface area contributed by atoms with E-state index < -0.39 is 0 Å². The lowest BCUT2D eigenvalue weighted by atomic mass is 9.89.